The van der Waals surface area contributed by atoms with E-state index in [0.29, 0.717) is 45.0 Å². The van der Waals surface area contributed by atoms with Crippen molar-refractivity contribution >= 4 is 29.3 Å². The molecule has 5 rings (SSSR count). The summed E-state index contributed by atoms with van der Waals surface area (Å²) < 4.78 is 35.6. The molecule has 2 amide bonds. The van der Waals surface area contributed by atoms with Crippen LogP contribution in [0.5, 0.6) is 23.0 Å². The van der Waals surface area contributed by atoms with Crippen LogP contribution in [0.15, 0.2) is 71.9 Å². The van der Waals surface area contributed by atoms with E-state index >= 15 is 0 Å². The number of anilines is 1. The summed E-state index contributed by atoms with van der Waals surface area (Å²) >= 11 is 1.17. The minimum atomic E-state index is -1.13. The number of methoxy groups -OCH3 is 2. The van der Waals surface area contributed by atoms with E-state index in [1.807, 2.05) is 19.9 Å². The Bertz CT molecular complexity index is 1650. The molecule has 1 atom stereocenters. The zero-order valence-corrected chi connectivity index (χ0v) is 25.4. The first-order valence-corrected chi connectivity index (χ1v) is 14.6. The Labute approximate surface area is 258 Å². The van der Waals surface area contributed by atoms with Gasteiger partial charge in [-0.05, 0) is 67.4 Å². The van der Waals surface area contributed by atoms with Crippen molar-refractivity contribution in [1.29, 1.82) is 0 Å². The maximum Gasteiger partial charge on any atom is 0.251 e. The van der Waals surface area contributed by atoms with Gasteiger partial charge in [0.2, 0.25) is 12.7 Å². The van der Waals surface area contributed by atoms with E-state index in [-0.39, 0.29) is 25.0 Å². The molecular formula is C32H31FN4O6S. The monoisotopic (exact) mass is 618 g/mol. The van der Waals surface area contributed by atoms with Crippen LogP contribution in [0.25, 0.3) is 0 Å². The summed E-state index contributed by atoms with van der Waals surface area (Å²) in [6, 6.07) is 16.6. The highest BCUT2D eigenvalue weighted by Gasteiger charge is 2.33. The third-order valence-corrected chi connectivity index (χ3v) is 7.63. The highest BCUT2D eigenvalue weighted by molar-refractivity contribution is 7.99. The summed E-state index contributed by atoms with van der Waals surface area (Å²) in [6.07, 6.45) is 0. The largest absolute Gasteiger partial charge is 0.493 e. The number of ether oxygens (including phenoxy) is 4. The van der Waals surface area contributed by atoms with Gasteiger partial charge in [0.15, 0.2) is 28.2 Å². The van der Waals surface area contributed by atoms with Crippen molar-refractivity contribution in [2.75, 3.05) is 32.1 Å². The molecule has 44 heavy (non-hydrogen) atoms. The maximum absolute atomic E-state index is 14.2. The van der Waals surface area contributed by atoms with Gasteiger partial charge in [0.25, 0.3) is 5.91 Å². The van der Waals surface area contributed by atoms with Crippen molar-refractivity contribution < 1.29 is 32.9 Å². The normalized spacial score (nSPS) is 12.4. The Kier molecular flexibility index (Phi) is 9.49. The number of carbonyl (C=O) groups excluding carboxylic acids is 2. The van der Waals surface area contributed by atoms with Crippen LogP contribution in [0.3, 0.4) is 0 Å². The van der Waals surface area contributed by atoms with Gasteiger partial charge in [-0.25, -0.2) is 14.4 Å². The molecule has 1 aromatic heterocycles. The number of halogens is 1. The van der Waals surface area contributed by atoms with Gasteiger partial charge in [0, 0.05) is 29.7 Å². The molecule has 1 unspecified atom stereocenters. The summed E-state index contributed by atoms with van der Waals surface area (Å²) in [7, 11) is 3.00. The molecular weight excluding hydrogens is 587 g/mol. The Morgan fingerprint density at radius 3 is 2.34 bits per heavy atom. The van der Waals surface area contributed by atoms with Crippen LogP contribution >= 0.6 is 11.8 Å². The lowest BCUT2D eigenvalue weighted by atomic mass is 10.0. The van der Waals surface area contributed by atoms with Gasteiger partial charge < -0.3 is 29.2 Å². The second kappa shape index (κ2) is 13.6. The topological polar surface area (TPSA) is 112 Å². The molecule has 3 aromatic carbocycles. The fourth-order valence-corrected chi connectivity index (χ4v) is 5.59. The molecule has 0 radical (unpaired) electrons. The Hall–Kier alpha value is -4.84. The number of hydrogen-bond acceptors (Lipinski definition) is 9. The van der Waals surface area contributed by atoms with E-state index in [1.165, 1.54) is 43.0 Å². The minimum absolute atomic E-state index is 0.0148. The molecule has 0 bridgehead atoms. The van der Waals surface area contributed by atoms with Gasteiger partial charge in [0.05, 0.1) is 20.0 Å². The third-order valence-electron chi connectivity index (χ3n) is 6.80. The predicted molar refractivity (Wildman–Crippen MR) is 163 cm³/mol. The quantitative estimate of drug-likeness (QED) is 0.173. The number of thioether (sulfide) groups is 1. The van der Waals surface area contributed by atoms with E-state index in [9.17, 15) is 14.0 Å². The van der Waals surface area contributed by atoms with Gasteiger partial charge in [-0.2, -0.15) is 0 Å². The molecule has 0 saturated heterocycles. The van der Waals surface area contributed by atoms with E-state index in [4.69, 9.17) is 18.9 Å². The lowest BCUT2D eigenvalue weighted by Gasteiger charge is -2.32. The van der Waals surface area contributed by atoms with E-state index in [0.717, 1.165) is 11.4 Å². The first-order valence-electron chi connectivity index (χ1n) is 13.7. The predicted octanol–water partition coefficient (Wildman–Crippen LogP) is 5.48. The van der Waals surface area contributed by atoms with Crippen LogP contribution in [0.2, 0.25) is 0 Å². The highest BCUT2D eigenvalue weighted by atomic mass is 32.2. The summed E-state index contributed by atoms with van der Waals surface area (Å²) in [5.74, 6) is 0.606. The molecule has 0 saturated carbocycles. The summed E-state index contributed by atoms with van der Waals surface area (Å²) in [5.41, 5.74) is 3.12. The van der Waals surface area contributed by atoms with E-state index in [1.54, 1.807) is 48.5 Å². The number of nitrogens with zero attached hydrogens (tertiary/aromatic N) is 3. The minimum Gasteiger partial charge on any atom is -0.493 e. The van der Waals surface area contributed by atoms with Crippen molar-refractivity contribution in [3.63, 3.8) is 0 Å². The number of fused-ring (bicyclic) bond motifs is 1. The third kappa shape index (κ3) is 7.20. The van der Waals surface area contributed by atoms with Gasteiger partial charge in [0.1, 0.15) is 11.9 Å². The summed E-state index contributed by atoms with van der Waals surface area (Å²) in [4.78, 5) is 38.6. The number of hydrogen-bond donors (Lipinski definition) is 1. The average Bonchev–Trinajstić information content (AvgIpc) is 3.48. The molecule has 228 valence electrons. The number of amides is 2. The van der Waals surface area contributed by atoms with E-state index < -0.39 is 17.8 Å². The number of aromatic nitrogens is 2. The van der Waals surface area contributed by atoms with Crippen LogP contribution in [0.1, 0.15) is 28.6 Å². The number of aryl methyl sites for hydroxylation is 2. The molecule has 0 fully saturated rings. The first kappa shape index (κ1) is 30.6. The van der Waals surface area contributed by atoms with Crippen LogP contribution < -0.4 is 24.3 Å². The van der Waals surface area contributed by atoms with Gasteiger partial charge in [-0.1, -0.05) is 30.0 Å². The zero-order valence-electron chi connectivity index (χ0n) is 24.6. The van der Waals surface area contributed by atoms with Crippen molar-refractivity contribution in [1.82, 2.24) is 14.9 Å². The standard InChI is InChI=1S/C32H31FN4O6S/c1-19-13-20(2)35-32(34-19)44-17-29(38)37(16-21-5-8-23(33)9-6-21)30(22-7-11-25(40-3)27(14-22)41-4)31(39)36-24-10-12-26-28(15-24)43-18-42-26/h5-15,30H,16-18H2,1-4H3,(H,36,39). The molecule has 1 N–H and O–H groups in total. The summed E-state index contributed by atoms with van der Waals surface area (Å²) in [6.45, 7) is 3.81. The molecule has 12 heteroatoms. The molecule has 10 nitrogen and oxygen atoms in total. The average molecular weight is 619 g/mol. The Balaban J connectivity index is 1.53. The Morgan fingerprint density at radius 2 is 1.64 bits per heavy atom. The molecule has 0 spiro atoms. The van der Waals surface area contributed by atoms with Crippen LogP contribution in [0, 0.1) is 19.7 Å². The van der Waals surface area contributed by atoms with Crippen LogP contribution in [0.4, 0.5) is 10.1 Å². The Morgan fingerprint density at radius 1 is 0.932 bits per heavy atom. The number of nitrogens with one attached hydrogen (secondary N) is 1. The SMILES string of the molecule is COc1ccc(C(C(=O)Nc2ccc3c(c2)OCO3)N(Cc2ccc(F)cc2)C(=O)CSc2nc(C)cc(C)n2)cc1OC. The molecule has 1 aliphatic heterocycles. The lowest BCUT2D eigenvalue weighted by Crippen LogP contribution is -2.41. The second-order valence-electron chi connectivity index (χ2n) is 9.94. The van der Waals surface area contributed by atoms with Crippen LogP contribution in [-0.2, 0) is 16.1 Å². The smallest absolute Gasteiger partial charge is 0.251 e. The lowest BCUT2D eigenvalue weighted by molar-refractivity contribution is -0.137. The second-order valence-corrected chi connectivity index (χ2v) is 10.9. The molecule has 4 aromatic rings. The highest BCUT2D eigenvalue weighted by Crippen LogP contribution is 2.36. The fourth-order valence-electron chi connectivity index (χ4n) is 4.76. The molecule has 0 aliphatic carbocycles. The molecule has 2 heterocycles. The zero-order chi connectivity index (χ0) is 31.2. The van der Waals surface area contributed by atoms with E-state index in [2.05, 4.69) is 15.3 Å². The van der Waals surface area contributed by atoms with Gasteiger partial charge in [-0.3, -0.25) is 9.59 Å². The summed E-state index contributed by atoms with van der Waals surface area (Å²) in [5, 5.41) is 3.37. The van der Waals surface area contributed by atoms with Gasteiger partial charge in [-0.15, -0.1) is 0 Å². The number of benzene rings is 3. The first-order chi connectivity index (χ1) is 21.2. The molecule has 1 aliphatic rings. The number of rotatable bonds is 11. The van der Waals surface area contributed by atoms with Crippen molar-refractivity contribution in [3.05, 3.63) is 95.1 Å². The van der Waals surface area contributed by atoms with Crippen molar-refractivity contribution in [2.24, 2.45) is 0 Å². The maximum atomic E-state index is 14.2. The van der Waals surface area contributed by atoms with Crippen molar-refractivity contribution in [3.8, 4) is 23.0 Å². The van der Waals surface area contributed by atoms with Gasteiger partial charge >= 0.3 is 0 Å². The number of carbonyl (C=O) groups is 2. The van der Waals surface area contributed by atoms with Crippen LogP contribution in [-0.4, -0.2) is 53.4 Å². The fraction of sp³-hybridized carbons (Fsp3) is 0.250. The van der Waals surface area contributed by atoms with Crippen molar-refractivity contribution in [2.45, 2.75) is 31.6 Å².